The Labute approximate surface area is 111 Å². The number of hydrogen-bond acceptors (Lipinski definition) is 6. The summed E-state index contributed by atoms with van der Waals surface area (Å²) in [5, 5.41) is 11.9. The molecule has 0 saturated heterocycles. The summed E-state index contributed by atoms with van der Waals surface area (Å²) in [4.78, 5) is 30.0. The van der Waals surface area contributed by atoms with Gasteiger partial charge in [0.25, 0.3) is 0 Å². The normalized spacial score (nSPS) is 12.0. The molecule has 1 aromatic heterocycles. The molecule has 0 aliphatic carbocycles. The standard InChI is InChI=1S/C12H17N3O4/c1-7(2)8(11(16)17)6-14-9-4-5-13-10(15-9)12(18)19-3/h4-5,7-8H,6H2,1-3H3,(H,16,17)(H,13,14,15). The molecule has 0 saturated carbocycles. The largest absolute Gasteiger partial charge is 0.481 e. The van der Waals surface area contributed by atoms with Crippen LogP contribution in [-0.2, 0) is 9.53 Å². The highest BCUT2D eigenvalue weighted by atomic mass is 16.5. The van der Waals surface area contributed by atoms with Crippen LogP contribution in [0.25, 0.3) is 0 Å². The second-order valence-corrected chi connectivity index (χ2v) is 4.33. The first kappa shape index (κ1) is 14.9. The molecule has 1 unspecified atom stereocenters. The van der Waals surface area contributed by atoms with Crippen molar-refractivity contribution in [3.63, 3.8) is 0 Å². The third-order valence-corrected chi connectivity index (χ3v) is 2.65. The maximum Gasteiger partial charge on any atom is 0.376 e. The molecular formula is C12H17N3O4. The number of carbonyl (C=O) groups excluding carboxylic acids is 1. The number of nitrogens with one attached hydrogen (secondary N) is 1. The molecule has 2 N–H and O–H groups in total. The molecule has 1 aromatic rings. The molecule has 7 nitrogen and oxygen atoms in total. The van der Waals surface area contributed by atoms with Crippen molar-refractivity contribution >= 4 is 17.8 Å². The highest BCUT2D eigenvalue weighted by molar-refractivity contribution is 5.85. The highest BCUT2D eigenvalue weighted by Gasteiger charge is 2.21. The minimum Gasteiger partial charge on any atom is -0.481 e. The van der Waals surface area contributed by atoms with Gasteiger partial charge in [0.15, 0.2) is 0 Å². The molecule has 1 atom stereocenters. The van der Waals surface area contributed by atoms with E-state index < -0.39 is 17.9 Å². The SMILES string of the molecule is COC(=O)c1nccc(NCC(C(=O)O)C(C)C)n1. The summed E-state index contributed by atoms with van der Waals surface area (Å²) in [6, 6.07) is 1.56. The summed E-state index contributed by atoms with van der Waals surface area (Å²) >= 11 is 0. The average Bonchev–Trinajstić information content (AvgIpc) is 2.37. The van der Waals surface area contributed by atoms with Crippen LogP contribution in [0.15, 0.2) is 12.3 Å². The first-order valence-corrected chi connectivity index (χ1v) is 5.83. The van der Waals surface area contributed by atoms with Crippen molar-refractivity contribution in [3.8, 4) is 0 Å². The van der Waals surface area contributed by atoms with Gasteiger partial charge in [0.2, 0.25) is 5.82 Å². The Bertz CT molecular complexity index is 462. The van der Waals surface area contributed by atoms with E-state index in [1.54, 1.807) is 6.07 Å². The van der Waals surface area contributed by atoms with Crippen LogP contribution < -0.4 is 5.32 Å². The van der Waals surface area contributed by atoms with Gasteiger partial charge in [-0.2, -0.15) is 0 Å². The van der Waals surface area contributed by atoms with Gasteiger partial charge >= 0.3 is 11.9 Å². The zero-order chi connectivity index (χ0) is 14.4. The van der Waals surface area contributed by atoms with E-state index in [4.69, 9.17) is 5.11 Å². The van der Waals surface area contributed by atoms with Gasteiger partial charge in [-0.05, 0) is 12.0 Å². The fourth-order valence-electron chi connectivity index (χ4n) is 1.47. The third-order valence-electron chi connectivity index (χ3n) is 2.65. The summed E-state index contributed by atoms with van der Waals surface area (Å²) < 4.78 is 4.51. The topological polar surface area (TPSA) is 101 Å². The van der Waals surface area contributed by atoms with Crippen LogP contribution in [0.5, 0.6) is 0 Å². The van der Waals surface area contributed by atoms with Crippen LogP contribution in [-0.4, -0.2) is 40.7 Å². The van der Waals surface area contributed by atoms with Crippen LogP contribution in [0.4, 0.5) is 5.82 Å². The number of nitrogens with zero attached hydrogens (tertiary/aromatic N) is 2. The number of carboxylic acids is 1. The van der Waals surface area contributed by atoms with Crippen LogP contribution >= 0.6 is 0 Å². The average molecular weight is 267 g/mol. The first-order valence-electron chi connectivity index (χ1n) is 5.83. The van der Waals surface area contributed by atoms with Crippen molar-refractivity contribution in [2.45, 2.75) is 13.8 Å². The van der Waals surface area contributed by atoms with Gasteiger partial charge in [-0.1, -0.05) is 13.8 Å². The predicted molar refractivity (Wildman–Crippen MR) is 67.8 cm³/mol. The fraction of sp³-hybridized carbons (Fsp3) is 0.500. The van der Waals surface area contributed by atoms with E-state index >= 15 is 0 Å². The number of carboxylic acid groups (broad SMARTS) is 1. The van der Waals surface area contributed by atoms with Gasteiger partial charge in [-0.25, -0.2) is 14.8 Å². The van der Waals surface area contributed by atoms with Gasteiger partial charge in [-0.15, -0.1) is 0 Å². The lowest BCUT2D eigenvalue weighted by atomic mass is 9.96. The molecule has 0 amide bonds. The Morgan fingerprint density at radius 2 is 2.16 bits per heavy atom. The summed E-state index contributed by atoms with van der Waals surface area (Å²) in [6.07, 6.45) is 1.41. The second-order valence-electron chi connectivity index (χ2n) is 4.33. The van der Waals surface area contributed by atoms with Crippen molar-refractivity contribution in [1.82, 2.24) is 9.97 Å². The number of carbonyl (C=O) groups is 2. The van der Waals surface area contributed by atoms with Gasteiger partial charge in [-0.3, -0.25) is 4.79 Å². The predicted octanol–water partition coefficient (Wildman–Crippen LogP) is 1.03. The smallest absolute Gasteiger partial charge is 0.376 e. The van der Waals surface area contributed by atoms with E-state index in [0.29, 0.717) is 5.82 Å². The number of ether oxygens (including phenoxy) is 1. The summed E-state index contributed by atoms with van der Waals surface area (Å²) in [5.74, 6) is -1.72. The van der Waals surface area contributed by atoms with Gasteiger partial charge in [0.05, 0.1) is 13.0 Å². The Hall–Kier alpha value is -2.18. The van der Waals surface area contributed by atoms with E-state index in [0.717, 1.165) is 0 Å². The molecule has 104 valence electrons. The molecule has 19 heavy (non-hydrogen) atoms. The third kappa shape index (κ3) is 4.20. The molecule has 1 rings (SSSR count). The molecule has 0 bridgehead atoms. The lowest BCUT2D eigenvalue weighted by molar-refractivity contribution is -0.142. The number of rotatable bonds is 6. The second kappa shape index (κ2) is 6.67. The maximum absolute atomic E-state index is 11.3. The molecule has 0 fully saturated rings. The van der Waals surface area contributed by atoms with E-state index in [1.807, 2.05) is 13.8 Å². The van der Waals surface area contributed by atoms with Gasteiger partial charge in [0.1, 0.15) is 5.82 Å². The van der Waals surface area contributed by atoms with E-state index in [9.17, 15) is 9.59 Å². The van der Waals surface area contributed by atoms with Gasteiger partial charge in [0, 0.05) is 12.7 Å². The van der Waals surface area contributed by atoms with Crippen LogP contribution in [0.1, 0.15) is 24.5 Å². The Morgan fingerprint density at radius 3 is 2.68 bits per heavy atom. The first-order chi connectivity index (χ1) is 8.95. The minimum atomic E-state index is -0.871. The van der Waals surface area contributed by atoms with Crippen molar-refractivity contribution in [1.29, 1.82) is 0 Å². The van der Waals surface area contributed by atoms with Crippen molar-refractivity contribution in [3.05, 3.63) is 18.1 Å². The van der Waals surface area contributed by atoms with E-state index in [1.165, 1.54) is 13.3 Å². The lowest BCUT2D eigenvalue weighted by Crippen LogP contribution is -2.28. The molecule has 0 spiro atoms. The van der Waals surface area contributed by atoms with E-state index in [2.05, 4.69) is 20.0 Å². The molecular weight excluding hydrogens is 250 g/mol. The minimum absolute atomic E-state index is 0.00749. The van der Waals surface area contributed by atoms with Crippen molar-refractivity contribution < 1.29 is 19.4 Å². The number of anilines is 1. The number of aromatic nitrogens is 2. The Morgan fingerprint density at radius 1 is 1.47 bits per heavy atom. The van der Waals surface area contributed by atoms with E-state index in [-0.39, 0.29) is 18.3 Å². The maximum atomic E-state index is 11.3. The summed E-state index contributed by atoms with van der Waals surface area (Å²) in [6.45, 7) is 3.89. The Kier molecular flexibility index (Phi) is 5.23. The number of methoxy groups -OCH3 is 1. The molecule has 7 heteroatoms. The quantitative estimate of drug-likeness (QED) is 0.742. The zero-order valence-corrected chi connectivity index (χ0v) is 11.1. The molecule has 0 aliphatic rings. The molecule has 0 aromatic carbocycles. The summed E-state index contributed by atoms with van der Waals surface area (Å²) in [5.41, 5.74) is 0. The molecule has 0 radical (unpaired) electrons. The van der Waals surface area contributed by atoms with Crippen LogP contribution in [0.3, 0.4) is 0 Å². The van der Waals surface area contributed by atoms with Gasteiger partial charge < -0.3 is 15.2 Å². The Balaban J connectivity index is 2.72. The van der Waals surface area contributed by atoms with Crippen molar-refractivity contribution in [2.24, 2.45) is 11.8 Å². The summed E-state index contributed by atoms with van der Waals surface area (Å²) in [7, 11) is 1.24. The fourth-order valence-corrected chi connectivity index (χ4v) is 1.47. The highest BCUT2D eigenvalue weighted by Crippen LogP contribution is 2.12. The molecule has 1 heterocycles. The van der Waals surface area contributed by atoms with Crippen molar-refractivity contribution in [2.75, 3.05) is 19.0 Å². The van der Waals surface area contributed by atoms with Crippen LogP contribution in [0.2, 0.25) is 0 Å². The lowest BCUT2D eigenvalue weighted by Gasteiger charge is -2.17. The van der Waals surface area contributed by atoms with Crippen LogP contribution in [0, 0.1) is 11.8 Å². The number of esters is 1. The zero-order valence-electron chi connectivity index (χ0n) is 11.1. The number of aliphatic carboxylic acids is 1. The monoisotopic (exact) mass is 267 g/mol. The molecule has 0 aliphatic heterocycles. The number of hydrogen-bond donors (Lipinski definition) is 2.